The molecule has 2 aromatic rings. The Morgan fingerprint density at radius 2 is 1.83 bits per heavy atom. The number of benzene rings is 2. The number of guanidine groups is 1. The Kier molecular flexibility index (Phi) is 6.04. The molecule has 2 aromatic carbocycles. The second-order valence-corrected chi connectivity index (χ2v) is 6.05. The molecule has 122 valence electrons. The van der Waals surface area contributed by atoms with Crippen molar-refractivity contribution in [1.82, 2.24) is 10.2 Å². The molecule has 23 heavy (non-hydrogen) atoms. The SMILES string of the molecule is Cc1ccc(CN(C)C2=NCC(c3ccccc3)N2)cc1C.I. The summed E-state index contributed by atoms with van der Waals surface area (Å²) in [6.45, 7) is 5.98. The lowest BCUT2D eigenvalue weighted by atomic mass is 10.1. The van der Waals surface area contributed by atoms with Gasteiger partial charge in [-0.05, 0) is 36.1 Å². The molecule has 4 heteroatoms. The summed E-state index contributed by atoms with van der Waals surface area (Å²) in [7, 11) is 2.09. The minimum atomic E-state index is 0. The van der Waals surface area contributed by atoms with Gasteiger partial charge in [0.2, 0.25) is 0 Å². The highest BCUT2D eigenvalue weighted by Crippen LogP contribution is 2.18. The van der Waals surface area contributed by atoms with Crippen LogP contribution in [0.5, 0.6) is 0 Å². The molecule has 3 rings (SSSR count). The van der Waals surface area contributed by atoms with Gasteiger partial charge in [-0.2, -0.15) is 0 Å². The van der Waals surface area contributed by atoms with Crippen LogP contribution in [-0.2, 0) is 6.54 Å². The van der Waals surface area contributed by atoms with Crippen LogP contribution in [0.2, 0.25) is 0 Å². The largest absolute Gasteiger partial charge is 0.348 e. The maximum atomic E-state index is 4.66. The van der Waals surface area contributed by atoms with Gasteiger partial charge in [-0.15, -0.1) is 24.0 Å². The van der Waals surface area contributed by atoms with Gasteiger partial charge in [0.25, 0.3) is 0 Å². The van der Waals surface area contributed by atoms with Crippen molar-refractivity contribution in [1.29, 1.82) is 0 Å². The average Bonchev–Trinajstić information content (AvgIpc) is 3.02. The number of aliphatic imine (C=N–C) groups is 1. The van der Waals surface area contributed by atoms with Crippen molar-refractivity contribution >= 4 is 29.9 Å². The molecule has 0 radical (unpaired) electrons. The van der Waals surface area contributed by atoms with Crippen molar-refractivity contribution in [3.05, 3.63) is 70.8 Å². The standard InChI is InChI=1S/C19H23N3.HI/c1-14-9-10-16(11-15(14)2)13-22(3)19-20-12-18(21-19)17-7-5-4-6-8-17;/h4-11,18H,12-13H2,1-3H3,(H,20,21);1H. The minimum absolute atomic E-state index is 0. The molecule has 1 aliphatic rings. The van der Waals surface area contributed by atoms with E-state index in [-0.39, 0.29) is 24.0 Å². The fraction of sp³-hybridized carbons (Fsp3) is 0.316. The van der Waals surface area contributed by atoms with Gasteiger partial charge in [0, 0.05) is 13.6 Å². The van der Waals surface area contributed by atoms with Gasteiger partial charge in [-0.25, -0.2) is 0 Å². The molecule has 0 saturated carbocycles. The predicted octanol–water partition coefficient (Wildman–Crippen LogP) is 4.05. The van der Waals surface area contributed by atoms with Crippen molar-refractivity contribution < 1.29 is 0 Å². The van der Waals surface area contributed by atoms with E-state index in [9.17, 15) is 0 Å². The Labute approximate surface area is 155 Å². The fourth-order valence-electron chi connectivity index (χ4n) is 2.78. The molecule has 0 spiro atoms. The highest BCUT2D eigenvalue weighted by molar-refractivity contribution is 14.0. The summed E-state index contributed by atoms with van der Waals surface area (Å²) in [5.41, 5.74) is 5.29. The van der Waals surface area contributed by atoms with E-state index in [4.69, 9.17) is 0 Å². The van der Waals surface area contributed by atoms with Crippen LogP contribution in [0.15, 0.2) is 53.5 Å². The van der Waals surface area contributed by atoms with E-state index < -0.39 is 0 Å². The highest BCUT2D eigenvalue weighted by atomic mass is 127. The van der Waals surface area contributed by atoms with Gasteiger partial charge in [0.05, 0.1) is 12.6 Å². The quantitative estimate of drug-likeness (QED) is 0.758. The lowest BCUT2D eigenvalue weighted by Gasteiger charge is -2.21. The Bertz CT molecular complexity index is 682. The highest BCUT2D eigenvalue weighted by Gasteiger charge is 2.21. The molecule has 0 fully saturated rings. The average molecular weight is 421 g/mol. The third kappa shape index (κ3) is 4.25. The van der Waals surface area contributed by atoms with Crippen LogP contribution in [0.1, 0.15) is 28.3 Å². The molecule has 1 N–H and O–H groups in total. The molecule has 0 saturated heterocycles. The van der Waals surface area contributed by atoms with Crippen molar-refractivity contribution in [2.75, 3.05) is 13.6 Å². The molecule has 0 amide bonds. The topological polar surface area (TPSA) is 27.6 Å². The number of aryl methyl sites for hydroxylation is 2. The first-order valence-corrected chi connectivity index (χ1v) is 7.76. The van der Waals surface area contributed by atoms with E-state index in [0.717, 1.165) is 19.0 Å². The number of nitrogens with zero attached hydrogens (tertiary/aromatic N) is 2. The molecular weight excluding hydrogens is 397 g/mol. The van der Waals surface area contributed by atoms with Crippen molar-refractivity contribution in [2.45, 2.75) is 26.4 Å². The van der Waals surface area contributed by atoms with Crippen LogP contribution in [0, 0.1) is 13.8 Å². The first-order valence-electron chi connectivity index (χ1n) is 7.76. The van der Waals surface area contributed by atoms with Gasteiger partial charge < -0.3 is 10.2 Å². The first-order chi connectivity index (χ1) is 10.6. The van der Waals surface area contributed by atoms with Crippen LogP contribution in [0.3, 0.4) is 0 Å². The molecular formula is C19H24IN3. The van der Waals surface area contributed by atoms with E-state index in [2.05, 4.69) is 78.6 Å². The number of halogens is 1. The summed E-state index contributed by atoms with van der Waals surface area (Å²) < 4.78 is 0. The smallest absolute Gasteiger partial charge is 0.194 e. The molecule has 1 aliphatic heterocycles. The van der Waals surface area contributed by atoms with Crippen molar-refractivity contribution in [2.24, 2.45) is 4.99 Å². The van der Waals surface area contributed by atoms with Crippen LogP contribution in [0.25, 0.3) is 0 Å². The van der Waals surface area contributed by atoms with Crippen LogP contribution >= 0.6 is 24.0 Å². The van der Waals surface area contributed by atoms with E-state index in [1.54, 1.807) is 0 Å². The lowest BCUT2D eigenvalue weighted by Crippen LogP contribution is -2.36. The Balaban J connectivity index is 0.00000192. The van der Waals surface area contributed by atoms with Crippen molar-refractivity contribution in [3.8, 4) is 0 Å². The summed E-state index contributed by atoms with van der Waals surface area (Å²) in [5, 5.41) is 3.53. The number of hydrogen-bond acceptors (Lipinski definition) is 3. The zero-order valence-corrected chi connectivity index (χ0v) is 16.2. The summed E-state index contributed by atoms with van der Waals surface area (Å²) >= 11 is 0. The molecule has 1 atom stereocenters. The second kappa shape index (κ2) is 7.81. The molecule has 3 nitrogen and oxygen atoms in total. The molecule has 0 aliphatic carbocycles. The first kappa shape index (κ1) is 17.8. The number of hydrogen-bond donors (Lipinski definition) is 1. The van der Waals surface area contributed by atoms with E-state index >= 15 is 0 Å². The van der Waals surface area contributed by atoms with Gasteiger partial charge in [-0.3, -0.25) is 4.99 Å². The second-order valence-electron chi connectivity index (χ2n) is 6.05. The Hall–Kier alpha value is -1.56. The van der Waals surface area contributed by atoms with E-state index in [1.807, 2.05) is 6.07 Å². The third-order valence-corrected chi connectivity index (χ3v) is 4.28. The van der Waals surface area contributed by atoms with Crippen LogP contribution in [0.4, 0.5) is 0 Å². The zero-order chi connectivity index (χ0) is 15.5. The summed E-state index contributed by atoms with van der Waals surface area (Å²) in [4.78, 5) is 6.85. The van der Waals surface area contributed by atoms with Crippen LogP contribution in [-0.4, -0.2) is 24.5 Å². The number of nitrogens with one attached hydrogen (secondary N) is 1. The normalized spacial score (nSPS) is 16.3. The summed E-state index contributed by atoms with van der Waals surface area (Å²) in [6.07, 6.45) is 0. The minimum Gasteiger partial charge on any atom is -0.348 e. The molecule has 1 heterocycles. The number of rotatable bonds is 3. The van der Waals surface area contributed by atoms with E-state index in [1.165, 1.54) is 22.3 Å². The van der Waals surface area contributed by atoms with Crippen molar-refractivity contribution in [3.63, 3.8) is 0 Å². The van der Waals surface area contributed by atoms with Gasteiger partial charge in [0.1, 0.15) is 0 Å². The van der Waals surface area contributed by atoms with Gasteiger partial charge >= 0.3 is 0 Å². The maximum absolute atomic E-state index is 4.66. The van der Waals surface area contributed by atoms with E-state index in [0.29, 0.717) is 6.04 Å². The predicted molar refractivity (Wildman–Crippen MR) is 107 cm³/mol. The summed E-state index contributed by atoms with van der Waals surface area (Å²) in [5.74, 6) is 0.979. The lowest BCUT2D eigenvalue weighted by molar-refractivity contribution is 0.480. The molecule has 0 bridgehead atoms. The summed E-state index contributed by atoms with van der Waals surface area (Å²) in [6, 6.07) is 17.4. The maximum Gasteiger partial charge on any atom is 0.194 e. The third-order valence-electron chi connectivity index (χ3n) is 4.28. The zero-order valence-electron chi connectivity index (χ0n) is 13.9. The Morgan fingerprint density at radius 1 is 1.09 bits per heavy atom. The Morgan fingerprint density at radius 3 is 2.52 bits per heavy atom. The fourth-order valence-corrected chi connectivity index (χ4v) is 2.78. The molecule has 0 aromatic heterocycles. The molecule has 1 unspecified atom stereocenters. The van der Waals surface area contributed by atoms with Gasteiger partial charge in [-0.1, -0.05) is 48.5 Å². The van der Waals surface area contributed by atoms with Crippen LogP contribution < -0.4 is 5.32 Å². The van der Waals surface area contributed by atoms with Gasteiger partial charge in [0.15, 0.2) is 5.96 Å². The monoisotopic (exact) mass is 421 g/mol.